The second kappa shape index (κ2) is 4.02. The van der Waals surface area contributed by atoms with E-state index in [1.54, 1.807) is 6.92 Å². The summed E-state index contributed by atoms with van der Waals surface area (Å²) in [7, 11) is 0. The van der Waals surface area contributed by atoms with E-state index in [1.165, 1.54) is 0 Å². The number of hydrogen-bond donors (Lipinski definition) is 0. The molecule has 0 atom stereocenters. The van der Waals surface area contributed by atoms with Crippen molar-refractivity contribution >= 4 is 16.8 Å². The van der Waals surface area contributed by atoms with Crippen molar-refractivity contribution in [3.05, 3.63) is 35.6 Å². The SMILES string of the molecule is CC(=O)CC(C)(C)c1cc2cccc(C)c2o1. The first-order valence-corrected chi connectivity index (χ1v) is 5.89. The van der Waals surface area contributed by atoms with E-state index in [9.17, 15) is 4.79 Å². The minimum absolute atomic E-state index is 0.187. The molecule has 0 aliphatic heterocycles. The van der Waals surface area contributed by atoms with Crippen LogP contribution in [0.5, 0.6) is 0 Å². The van der Waals surface area contributed by atoms with Crippen molar-refractivity contribution in [3.63, 3.8) is 0 Å². The standard InChI is InChI=1S/C15H18O2/c1-10-6-5-7-12-8-13(17-14(10)12)15(3,4)9-11(2)16/h5-8H,9H2,1-4H3. The number of rotatable bonds is 3. The first-order chi connectivity index (χ1) is 7.90. The summed E-state index contributed by atoms with van der Waals surface area (Å²) in [4.78, 5) is 11.3. The highest BCUT2D eigenvalue weighted by atomic mass is 16.3. The van der Waals surface area contributed by atoms with Gasteiger partial charge in [-0.05, 0) is 25.5 Å². The molecule has 2 rings (SSSR count). The monoisotopic (exact) mass is 230 g/mol. The molecule has 0 radical (unpaired) electrons. The van der Waals surface area contributed by atoms with E-state index in [1.807, 2.05) is 45.0 Å². The Morgan fingerprint density at radius 1 is 1.35 bits per heavy atom. The minimum atomic E-state index is -0.239. The topological polar surface area (TPSA) is 30.2 Å². The lowest BCUT2D eigenvalue weighted by atomic mass is 9.85. The highest BCUT2D eigenvalue weighted by molar-refractivity contribution is 5.82. The van der Waals surface area contributed by atoms with E-state index < -0.39 is 0 Å². The first-order valence-electron chi connectivity index (χ1n) is 5.89. The number of hydrogen-bond acceptors (Lipinski definition) is 2. The third-order valence-corrected chi connectivity index (χ3v) is 3.10. The second-order valence-corrected chi connectivity index (χ2v) is 5.37. The maximum absolute atomic E-state index is 11.3. The molecule has 0 aliphatic rings. The fourth-order valence-electron chi connectivity index (χ4n) is 2.25. The number of Topliss-reactive ketones (excluding diaryl/α,β-unsaturated/α-hetero) is 1. The lowest BCUT2D eigenvalue weighted by molar-refractivity contribution is -0.118. The number of furan rings is 1. The van der Waals surface area contributed by atoms with Crippen LogP contribution in [0, 0.1) is 6.92 Å². The van der Waals surface area contributed by atoms with Crippen molar-refractivity contribution in [2.75, 3.05) is 0 Å². The van der Waals surface area contributed by atoms with Crippen molar-refractivity contribution in [2.24, 2.45) is 0 Å². The van der Waals surface area contributed by atoms with Gasteiger partial charge in [-0.1, -0.05) is 32.0 Å². The van der Waals surface area contributed by atoms with Gasteiger partial charge in [-0.2, -0.15) is 0 Å². The van der Waals surface area contributed by atoms with E-state index in [2.05, 4.69) is 0 Å². The van der Waals surface area contributed by atoms with Crippen LogP contribution in [0.25, 0.3) is 11.0 Å². The van der Waals surface area contributed by atoms with Crippen molar-refractivity contribution < 1.29 is 9.21 Å². The van der Waals surface area contributed by atoms with Crippen LogP contribution in [-0.4, -0.2) is 5.78 Å². The average molecular weight is 230 g/mol. The quantitative estimate of drug-likeness (QED) is 0.797. The predicted octanol–water partition coefficient (Wildman–Crippen LogP) is 4.00. The molecular weight excluding hydrogens is 212 g/mol. The number of para-hydroxylation sites is 1. The molecule has 2 aromatic rings. The summed E-state index contributed by atoms with van der Waals surface area (Å²) in [6.07, 6.45) is 0.506. The van der Waals surface area contributed by atoms with Gasteiger partial charge in [0.2, 0.25) is 0 Å². The van der Waals surface area contributed by atoms with Gasteiger partial charge in [0.1, 0.15) is 17.1 Å². The van der Waals surface area contributed by atoms with Crippen molar-refractivity contribution in [3.8, 4) is 0 Å². The van der Waals surface area contributed by atoms with Gasteiger partial charge in [0.15, 0.2) is 0 Å². The van der Waals surface area contributed by atoms with E-state index in [0.717, 1.165) is 22.3 Å². The Hall–Kier alpha value is -1.57. The molecule has 0 aliphatic carbocycles. The van der Waals surface area contributed by atoms with Gasteiger partial charge in [-0.15, -0.1) is 0 Å². The van der Waals surface area contributed by atoms with E-state index in [0.29, 0.717) is 6.42 Å². The molecule has 1 heterocycles. The molecule has 0 bridgehead atoms. The van der Waals surface area contributed by atoms with Gasteiger partial charge < -0.3 is 4.42 Å². The van der Waals surface area contributed by atoms with Crippen LogP contribution in [0.15, 0.2) is 28.7 Å². The molecule has 0 saturated carbocycles. The summed E-state index contributed by atoms with van der Waals surface area (Å²) in [5.74, 6) is 1.07. The highest BCUT2D eigenvalue weighted by Crippen LogP contribution is 2.33. The molecule has 2 heteroatoms. The van der Waals surface area contributed by atoms with Crippen LogP contribution in [0.1, 0.15) is 38.5 Å². The molecular formula is C15H18O2. The van der Waals surface area contributed by atoms with E-state index >= 15 is 0 Å². The first kappa shape index (κ1) is 11.9. The molecule has 0 spiro atoms. The van der Waals surface area contributed by atoms with Gasteiger partial charge in [0.05, 0.1) is 0 Å². The van der Waals surface area contributed by atoms with Crippen LogP contribution >= 0.6 is 0 Å². The average Bonchev–Trinajstić information content (AvgIpc) is 2.61. The number of fused-ring (bicyclic) bond motifs is 1. The maximum atomic E-state index is 11.3. The zero-order valence-corrected chi connectivity index (χ0v) is 10.8. The van der Waals surface area contributed by atoms with Crippen molar-refractivity contribution in [1.82, 2.24) is 0 Å². The van der Waals surface area contributed by atoms with Crippen LogP contribution in [-0.2, 0) is 10.2 Å². The zero-order chi connectivity index (χ0) is 12.6. The Balaban J connectivity index is 2.49. The molecule has 0 fully saturated rings. The third kappa shape index (κ3) is 2.26. The molecule has 0 amide bonds. The fourth-order valence-corrected chi connectivity index (χ4v) is 2.25. The van der Waals surface area contributed by atoms with Crippen molar-refractivity contribution in [1.29, 1.82) is 0 Å². The second-order valence-electron chi connectivity index (χ2n) is 5.37. The summed E-state index contributed by atoms with van der Waals surface area (Å²) >= 11 is 0. The summed E-state index contributed by atoms with van der Waals surface area (Å²) in [6.45, 7) is 7.74. The summed E-state index contributed by atoms with van der Waals surface area (Å²) in [5.41, 5.74) is 1.82. The van der Waals surface area contributed by atoms with Crippen molar-refractivity contribution in [2.45, 2.75) is 39.5 Å². The Morgan fingerprint density at radius 2 is 2.06 bits per heavy atom. The largest absolute Gasteiger partial charge is 0.460 e. The lowest BCUT2D eigenvalue weighted by Gasteiger charge is -2.19. The smallest absolute Gasteiger partial charge is 0.137 e. The van der Waals surface area contributed by atoms with Crippen LogP contribution in [0.4, 0.5) is 0 Å². The van der Waals surface area contributed by atoms with Gasteiger partial charge in [0.25, 0.3) is 0 Å². The maximum Gasteiger partial charge on any atom is 0.137 e. The Kier molecular flexibility index (Phi) is 2.82. The Morgan fingerprint density at radius 3 is 2.65 bits per heavy atom. The molecule has 1 aromatic carbocycles. The minimum Gasteiger partial charge on any atom is -0.460 e. The van der Waals surface area contributed by atoms with E-state index in [-0.39, 0.29) is 11.2 Å². The summed E-state index contributed by atoms with van der Waals surface area (Å²) in [5, 5.41) is 1.11. The molecule has 1 aromatic heterocycles. The Labute approximate surface area is 102 Å². The molecule has 0 N–H and O–H groups in total. The normalized spacial score (nSPS) is 12.0. The van der Waals surface area contributed by atoms with Gasteiger partial charge >= 0.3 is 0 Å². The molecule has 90 valence electrons. The molecule has 0 saturated heterocycles. The predicted molar refractivity (Wildman–Crippen MR) is 69.3 cm³/mol. The number of carbonyl (C=O) groups excluding carboxylic acids is 1. The number of aryl methyl sites for hydroxylation is 1. The lowest BCUT2D eigenvalue weighted by Crippen LogP contribution is -2.19. The summed E-state index contributed by atoms with van der Waals surface area (Å²) < 4.78 is 5.91. The zero-order valence-electron chi connectivity index (χ0n) is 10.8. The van der Waals surface area contributed by atoms with Gasteiger partial charge in [-0.25, -0.2) is 0 Å². The molecule has 2 nitrogen and oxygen atoms in total. The number of ketones is 1. The Bertz CT molecular complexity index is 561. The highest BCUT2D eigenvalue weighted by Gasteiger charge is 2.26. The number of carbonyl (C=O) groups is 1. The van der Waals surface area contributed by atoms with Crippen LogP contribution in [0.2, 0.25) is 0 Å². The van der Waals surface area contributed by atoms with Gasteiger partial charge in [0, 0.05) is 17.2 Å². The molecule has 0 unspecified atom stereocenters. The fraction of sp³-hybridized carbons (Fsp3) is 0.400. The molecule has 17 heavy (non-hydrogen) atoms. The summed E-state index contributed by atoms with van der Waals surface area (Å²) in [6, 6.07) is 8.15. The van der Waals surface area contributed by atoms with Gasteiger partial charge in [-0.3, -0.25) is 4.79 Å². The third-order valence-electron chi connectivity index (χ3n) is 3.10. The van der Waals surface area contributed by atoms with Crippen LogP contribution < -0.4 is 0 Å². The van der Waals surface area contributed by atoms with E-state index in [4.69, 9.17) is 4.42 Å². The number of benzene rings is 1. The van der Waals surface area contributed by atoms with Crippen LogP contribution in [0.3, 0.4) is 0 Å².